The molecule has 0 aliphatic carbocycles. The third-order valence-corrected chi connectivity index (χ3v) is 8.26. The predicted molar refractivity (Wildman–Crippen MR) is 99.7 cm³/mol. The number of hydrogen-bond donors (Lipinski definition) is 0. The first-order chi connectivity index (χ1) is 14.5. The first-order valence-corrected chi connectivity index (χ1v) is 10.5. The predicted octanol–water partition coefficient (Wildman–Crippen LogP) is 3.94. The lowest BCUT2D eigenvalue weighted by atomic mass is 10.2. The minimum atomic E-state index is -4.11. The van der Waals surface area contributed by atoms with Crippen LogP contribution >= 0.6 is 0 Å². The standard InChI is InChI=1S/2C7H4F3.C7H5F2O.Al/c2*1-4-6(9)2-5(8)3-7(4)10;1-10-7-3-2-5(8)4-6(7)9;/h2*2H,1H3;2,4H,1H3;. The van der Waals surface area contributed by atoms with E-state index in [1.807, 2.05) is 0 Å². The Bertz CT molecular complexity index is 1130. The van der Waals surface area contributed by atoms with E-state index in [1.54, 1.807) is 0 Å². The molecular formula is C21H13AlF8O. The van der Waals surface area contributed by atoms with Gasteiger partial charge in [-0.1, -0.05) is 4.43 Å². The number of benzene rings is 3. The lowest BCUT2D eigenvalue weighted by Crippen LogP contribution is -2.58. The first-order valence-electron chi connectivity index (χ1n) is 8.80. The quantitative estimate of drug-likeness (QED) is 0.424. The van der Waals surface area contributed by atoms with Crippen LogP contribution in [-0.2, 0) is 0 Å². The SMILES string of the molecule is COc1c(F)cc(F)c[c]1[Al]([c]1c(F)cc(F)c(C)c1F)[c]1c(F)cc(F)c(C)c1F. The third-order valence-electron chi connectivity index (χ3n) is 5.00. The Balaban J connectivity index is 2.54. The molecule has 0 amide bonds. The molecule has 0 atom stereocenters. The highest BCUT2D eigenvalue weighted by molar-refractivity contribution is 6.96. The smallest absolute Gasteiger partial charge is 0.408 e. The molecule has 3 aromatic rings. The zero-order valence-electron chi connectivity index (χ0n) is 16.3. The summed E-state index contributed by atoms with van der Waals surface area (Å²) in [6, 6.07) is 1.66. The van der Waals surface area contributed by atoms with Gasteiger partial charge >= 0.3 is 14.1 Å². The van der Waals surface area contributed by atoms with E-state index in [0.717, 1.165) is 21.0 Å². The van der Waals surface area contributed by atoms with E-state index >= 15 is 8.78 Å². The maximum absolute atomic E-state index is 15.0. The second kappa shape index (κ2) is 8.52. The number of hydrogen-bond acceptors (Lipinski definition) is 1. The van der Waals surface area contributed by atoms with Crippen LogP contribution in [0.25, 0.3) is 0 Å². The van der Waals surface area contributed by atoms with Gasteiger partial charge in [0.1, 0.15) is 46.5 Å². The molecule has 1 nitrogen and oxygen atoms in total. The minimum absolute atomic E-state index is 0.308. The van der Waals surface area contributed by atoms with Gasteiger partial charge in [0.05, 0.1) is 7.11 Å². The van der Waals surface area contributed by atoms with Crippen LogP contribution in [0, 0.1) is 60.4 Å². The van der Waals surface area contributed by atoms with Crippen molar-refractivity contribution in [2.75, 3.05) is 7.11 Å². The van der Waals surface area contributed by atoms with Crippen molar-refractivity contribution in [1.29, 1.82) is 0 Å². The minimum Gasteiger partial charge on any atom is -0.495 e. The Hall–Kier alpha value is -2.57. The number of ether oxygens (including phenoxy) is 1. The average Bonchev–Trinajstić information content (AvgIpc) is 2.68. The average molecular weight is 460 g/mol. The molecule has 0 bridgehead atoms. The van der Waals surface area contributed by atoms with Crippen LogP contribution in [0.3, 0.4) is 0 Å². The Kier molecular flexibility index (Phi) is 6.35. The highest BCUT2D eigenvalue weighted by Crippen LogP contribution is 2.21. The Morgan fingerprint density at radius 3 is 1.48 bits per heavy atom. The Morgan fingerprint density at radius 1 is 0.613 bits per heavy atom. The van der Waals surface area contributed by atoms with Gasteiger partial charge in [-0.3, -0.25) is 0 Å². The van der Waals surface area contributed by atoms with Gasteiger partial charge in [-0.05, 0) is 28.8 Å². The molecule has 31 heavy (non-hydrogen) atoms. The molecule has 0 saturated carbocycles. The fourth-order valence-electron chi connectivity index (χ4n) is 3.41. The Labute approximate surface area is 176 Å². The number of methoxy groups -OCH3 is 1. The maximum Gasteiger partial charge on any atom is 0.408 e. The second-order valence-corrected chi connectivity index (χ2v) is 9.47. The monoisotopic (exact) mass is 460 g/mol. The van der Waals surface area contributed by atoms with Gasteiger partial charge < -0.3 is 4.74 Å². The van der Waals surface area contributed by atoms with Crippen molar-refractivity contribution in [1.82, 2.24) is 0 Å². The molecule has 3 aromatic carbocycles. The van der Waals surface area contributed by atoms with Crippen LogP contribution in [0.4, 0.5) is 35.1 Å². The molecule has 0 spiro atoms. The lowest BCUT2D eigenvalue weighted by molar-refractivity contribution is 0.387. The van der Waals surface area contributed by atoms with E-state index in [-0.39, 0.29) is 0 Å². The largest absolute Gasteiger partial charge is 0.495 e. The van der Waals surface area contributed by atoms with Crippen molar-refractivity contribution in [3.63, 3.8) is 0 Å². The van der Waals surface area contributed by atoms with Crippen LogP contribution in [0.5, 0.6) is 5.75 Å². The van der Waals surface area contributed by atoms with Gasteiger partial charge in [0.2, 0.25) is 0 Å². The zero-order valence-corrected chi connectivity index (χ0v) is 17.5. The molecule has 0 aliphatic rings. The summed E-state index contributed by atoms with van der Waals surface area (Å²) in [4.78, 5) is 0. The van der Waals surface area contributed by atoms with Gasteiger partial charge in [-0.25, -0.2) is 35.1 Å². The molecule has 3 rings (SSSR count). The lowest BCUT2D eigenvalue weighted by Gasteiger charge is -2.21. The van der Waals surface area contributed by atoms with E-state index in [2.05, 4.69) is 0 Å². The van der Waals surface area contributed by atoms with Crippen molar-refractivity contribution in [2.45, 2.75) is 13.8 Å². The van der Waals surface area contributed by atoms with E-state index in [1.165, 1.54) is 0 Å². The fraction of sp³-hybridized carbons (Fsp3) is 0.143. The van der Waals surface area contributed by atoms with Crippen LogP contribution in [0.2, 0.25) is 0 Å². The topological polar surface area (TPSA) is 9.23 Å². The van der Waals surface area contributed by atoms with E-state index < -0.39 is 90.8 Å². The van der Waals surface area contributed by atoms with Gasteiger partial charge in [-0.2, -0.15) is 0 Å². The molecule has 0 aliphatic heterocycles. The van der Waals surface area contributed by atoms with Crippen LogP contribution in [0.1, 0.15) is 11.1 Å². The third kappa shape index (κ3) is 3.90. The number of halogens is 8. The van der Waals surface area contributed by atoms with Crippen molar-refractivity contribution >= 4 is 27.4 Å². The van der Waals surface area contributed by atoms with E-state index in [4.69, 9.17) is 4.74 Å². The molecule has 0 radical (unpaired) electrons. The summed E-state index contributed by atoms with van der Waals surface area (Å²) < 4.78 is 118. The molecule has 0 N–H and O–H groups in total. The summed E-state index contributed by atoms with van der Waals surface area (Å²) in [5.74, 6) is -11.7. The van der Waals surface area contributed by atoms with Gasteiger partial charge in [0, 0.05) is 29.3 Å². The van der Waals surface area contributed by atoms with E-state index in [0.29, 0.717) is 24.3 Å². The molecule has 0 aromatic heterocycles. The molecular weight excluding hydrogens is 447 g/mol. The molecule has 0 heterocycles. The van der Waals surface area contributed by atoms with Gasteiger partial charge in [0.25, 0.3) is 0 Å². The fourth-order valence-corrected chi connectivity index (χ4v) is 6.83. The first kappa shape index (κ1) is 23.1. The summed E-state index contributed by atoms with van der Waals surface area (Å²) >= 11 is -4.11. The van der Waals surface area contributed by atoms with Crippen molar-refractivity contribution in [3.8, 4) is 5.75 Å². The highest BCUT2D eigenvalue weighted by Gasteiger charge is 2.40. The second-order valence-electron chi connectivity index (χ2n) is 6.83. The van der Waals surface area contributed by atoms with Crippen molar-refractivity contribution < 1.29 is 39.9 Å². The zero-order chi connectivity index (χ0) is 23.2. The maximum atomic E-state index is 15.0. The van der Waals surface area contributed by atoms with Crippen molar-refractivity contribution in [2.24, 2.45) is 0 Å². The number of rotatable bonds is 4. The van der Waals surface area contributed by atoms with Crippen molar-refractivity contribution in [3.05, 3.63) is 81.9 Å². The van der Waals surface area contributed by atoms with Gasteiger partial charge in [-0.15, -0.1) is 0 Å². The molecule has 0 saturated heterocycles. The summed E-state index contributed by atoms with van der Waals surface area (Å²) in [6.45, 7) is 1.93. The summed E-state index contributed by atoms with van der Waals surface area (Å²) in [5.41, 5.74) is -1.33. The van der Waals surface area contributed by atoms with Crippen LogP contribution in [-0.4, -0.2) is 21.3 Å². The molecule has 10 heteroatoms. The molecule has 0 fully saturated rings. The molecule has 162 valence electrons. The highest BCUT2D eigenvalue weighted by atomic mass is 27.2. The molecule has 0 unspecified atom stereocenters. The summed E-state index contributed by atoms with van der Waals surface area (Å²) in [7, 11) is 0.969. The summed E-state index contributed by atoms with van der Waals surface area (Å²) in [5, 5.41) is 0. The normalized spacial score (nSPS) is 11.1. The van der Waals surface area contributed by atoms with Crippen LogP contribution in [0.15, 0.2) is 24.3 Å². The van der Waals surface area contributed by atoms with E-state index in [9.17, 15) is 26.3 Å². The van der Waals surface area contributed by atoms with Crippen LogP contribution < -0.4 is 18.0 Å². The van der Waals surface area contributed by atoms with Gasteiger partial charge in [0.15, 0.2) is 5.82 Å². The Morgan fingerprint density at radius 2 is 1.06 bits per heavy atom. The summed E-state index contributed by atoms with van der Waals surface area (Å²) in [6.07, 6.45) is 0.